The standard InChI is InChI=1S/C24H23N5O3/c1-31-15-18-4-5-19(12-27-18)32-23-11-16-9-21(22-13-25-6-7-26-22)28-20(16)10-17(23)14-29-8-2-3-24(29)30/h4-7,9-13,28H,2-3,8,14-15H2,1H3. The highest BCUT2D eigenvalue weighted by Gasteiger charge is 2.22. The minimum Gasteiger partial charge on any atom is -0.455 e. The highest BCUT2D eigenvalue weighted by molar-refractivity contribution is 5.87. The lowest BCUT2D eigenvalue weighted by Crippen LogP contribution is -2.24. The zero-order chi connectivity index (χ0) is 21.9. The molecule has 1 fully saturated rings. The molecule has 0 radical (unpaired) electrons. The molecule has 32 heavy (non-hydrogen) atoms. The lowest BCUT2D eigenvalue weighted by atomic mass is 10.1. The van der Waals surface area contributed by atoms with Gasteiger partial charge < -0.3 is 19.4 Å². The van der Waals surface area contributed by atoms with E-state index in [1.165, 1.54) is 0 Å². The number of pyridine rings is 1. The lowest BCUT2D eigenvalue weighted by molar-refractivity contribution is -0.128. The number of nitrogens with zero attached hydrogens (tertiary/aromatic N) is 4. The van der Waals surface area contributed by atoms with Crippen LogP contribution in [0.3, 0.4) is 0 Å². The van der Waals surface area contributed by atoms with E-state index in [2.05, 4.69) is 19.9 Å². The van der Waals surface area contributed by atoms with Gasteiger partial charge in [0, 0.05) is 55.5 Å². The van der Waals surface area contributed by atoms with Crippen molar-refractivity contribution in [1.29, 1.82) is 0 Å². The summed E-state index contributed by atoms with van der Waals surface area (Å²) in [4.78, 5) is 30.4. The maximum Gasteiger partial charge on any atom is 0.222 e. The number of aromatic nitrogens is 4. The number of nitrogens with one attached hydrogen (secondary N) is 1. The third-order valence-corrected chi connectivity index (χ3v) is 5.49. The van der Waals surface area contributed by atoms with Crippen molar-refractivity contribution in [2.75, 3.05) is 13.7 Å². The Kier molecular flexibility index (Phi) is 5.51. The van der Waals surface area contributed by atoms with E-state index in [9.17, 15) is 4.79 Å². The summed E-state index contributed by atoms with van der Waals surface area (Å²) in [6, 6.07) is 9.81. The van der Waals surface area contributed by atoms with Crippen LogP contribution in [0.5, 0.6) is 11.5 Å². The second-order valence-corrected chi connectivity index (χ2v) is 7.76. The van der Waals surface area contributed by atoms with Gasteiger partial charge in [-0.1, -0.05) is 0 Å². The van der Waals surface area contributed by atoms with Crippen LogP contribution in [0.1, 0.15) is 24.1 Å². The number of H-pyrrole nitrogens is 1. The average molecular weight is 429 g/mol. The second-order valence-electron chi connectivity index (χ2n) is 7.76. The van der Waals surface area contributed by atoms with E-state index >= 15 is 0 Å². The molecule has 1 aliphatic rings. The molecule has 0 saturated carbocycles. The normalized spacial score (nSPS) is 13.8. The summed E-state index contributed by atoms with van der Waals surface area (Å²) in [5, 5.41) is 0.987. The van der Waals surface area contributed by atoms with Crippen LogP contribution >= 0.6 is 0 Å². The lowest BCUT2D eigenvalue weighted by Gasteiger charge is -2.18. The molecule has 1 aromatic carbocycles. The summed E-state index contributed by atoms with van der Waals surface area (Å²) in [5.74, 6) is 1.50. The molecule has 8 nitrogen and oxygen atoms in total. The Bertz CT molecular complexity index is 1240. The van der Waals surface area contributed by atoms with Crippen molar-refractivity contribution in [1.82, 2.24) is 24.8 Å². The summed E-state index contributed by atoms with van der Waals surface area (Å²) in [6.07, 6.45) is 8.21. The Morgan fingerprint density at radius 2 is 2.06 bits per heavy atom. The minimum absolute atomic E-state index is 0.174. The number of fused-ring (bicyclic) bond motifs is 1. The quantitative estimate of drug-likeness (QED) is 0.476. The predicted octanol–water partition coefficient (Wildman–Crippen LogP) is 4.08. The van der Waals surface area contributed by atoms with E-state index in [0.717, 1.165) is 46.5 Å². The molecule has 5 rings (SSSR count). The molecular formula is C24H23N5O3. The molecule has 0 aliphatic carbocycles. The number of likely N-dealkylation sites (tertiary alicyclic amines) is 1. The van der Waals surface area contributed by atoms with Gasteiger partial charge in [-0.15, -0.1) is 0 Å². The number of ether oxygens (including phenoxy) is 2. The number of aromatic amines is 1. The first-order valence-corrected chi connectivity index (χ1v) is 10.5. The van der Waals surface area contributed by atoms with E-state index in [1.54, 1.807) is 31.9 Å². The molecule has 1 saturated heterocycles. The molecule has 4 heterocycles. The number of amides is 1. The summed E-state index contributed by atoms with van der Waals surface area (Å²) >= 11 is 0. The SMILES string of the molecule is COCc1ccc(Oc2cc3cc(-c4cnccn4)[nH]c3cc2CN2CCCC2=O)cn1. The zero-order valence-electron chi connectivity index (χ0n) is 17.7. The maximum atomic E-state index is 12.2. The molecule has 0 unspecified atom stereocenters. The minimum atomic E-state index is 0.174. The third-order valence-electron chi connectivity index (χ3n) is 5.49. The van der Waals surface area contributed by atoms with Crippen molar-refractivity contribution >= 4 is 16.8 Å². The van der Waals surface area contributed by atoms with E-state index in [1.807, 2.05) is 35.2 Å². The number of rotatable bonds is 7. The Morgan fingerprint density at radius 1 is 1.12 bits per heavy atom. The molecule has 8 heteroatoms. The molecule has 3 aromatic heterocycles. The first kappa shape index (κ1) is 20.1. The number of carbonyl (C=O) groups excluding carboxylic acids is 1. The Morgan fingerprint density at radius 3 is 2.78 bits per heavy atom. The van der Waals surface area contributed by atoms with Crippen molar-refractivity contribution < 1.29 is 14.3 Å². The highest BCUT2D eigenvalue weighted by Crippen LogP contribution is 2.33. The number of benzene rings is 1. The Labute approximate surface area is 185 Å². The molecule has 162 valence electrons. The van der Waals surface area contributed by atoms with Gasteiger partial charge >= 0.3 is 0 Å². The van der Waals surface area contributed by atoms with E-state index in [0.29, 0.717) is 31.1 Å². The maximum absolute atomic E-state index is 12.2. The molecule has 0 spiro atoms. The second kappa shape index (κ2) is 8.76. The van der Waals surface area contributed by atoms with Crippen molar-refractivity contribution in [3.05, 3.63) is 66.4 Å². The molecular weight excluding hydrogens is 406 g/mol. The van der Waals surface area contributed by atoms with Crippen LogP contribution in [0.4, 0.5) is 0 Å². The van der Waals surface area contributed by atoms with Crippen molar-refractivity contribution in [3.63, 3.8) is 0 Å². The van der Waals surface area contributed by atoms with Crippen LogP contribution in [0.25, 0.3) is 22.3 Å². The molecule has 0 bridgehead atoms. The fourth-order valence-corrected chi connectivity index (χ4v) is 3.91. The monoisotopic (exact) mass is 429 g/mol. The van der Waals surface area contributed by atoms with Gasteiger partial charge in [0.25, 0.3) is 0 Å². The summed E-state index contributed by atoms with van der Waals surface area (Å²) < 4.78 is 11.4. The number of hydrogen-bond acceptors (Lipinski definition) is 6. The third kappa shape index (κ3) is 4.17. The van der Waals surface area contributed by atoms with Crippen LogP contribution in [0, 0.1) is 0 Å². The predicted molar refractivity (Wildman–Crippen MR) is 119 cm³/mol. The Hall–Kier alpha value is -3.78. The van der Waals surface area contributed by atoms with E-state index < -0.39 is 0 Å². The molecule has 4 aromatic rings. The van der Waals surface area contributed by atoms with Gasteiger partial charge in [-0.25, -0.2) is 0 Å². The summed E-state index contributed by atoms with van der Waals surface area (Å²) in [6.45, 7) is 1.71. The van der Waals surface area contributed by atoms with Gasteiger partial charge in [0.05, 0.1) is 30.4 Å². The van der Waals surface area contributed by atoms with Crippen LogP contribution in [-0.2, 0) is 22.7 Å². The van der Waals surface area contributed by atoms with Gasteiger partial charge in [0.2, 0.25) is 5.91 Å². The molecule has 1 aliphatic heterocycles. The average Bonchev–Trinajstić information content (AvgIpc) is 3.42. The van der Waals surface area contributed by atoms with E-state index in [-0.39, 0.29) is 5.91 Å². The van der Waals surface area contributed by atoms with Gasteiger partial charge in [0.1, 0.15) is 17.2 Å². The van der Waals surface area contributed by atoms with E-state index in [4.69, 9.17) is 9.47 Å². The number of methoxy groups -OCH3 is 1. The van der Waals surface area contributed by atoms with Crippen LogP contribution in [0.15, 0.2) is 55.1 Å². The zero-order valence-corrected chi connectivity index (χ0v) is 17.7. The largest absolute Gasteiger partial charge is 0.455 e. The Balaban J connectivity index is 1.51. The number of hydrogen-bond donors (Lipinski definition) is 1. The first-order chi connectivity index (χ1) is 15.7. The topological polar surface area (TPSA) is 93.2 Å². The highest BCUT2D eigenvalue weighted by atomic mass is 16.5. The first-order valence-electron chi connectivity index (χ1n) is 10.5. The summed E-state index contributed by atoms with van der Waals surface area (Å²) in [5.41, 5.74) is 4.35. The van der Waals surface area contributed by atoms with Gasteiger partial charge in [-0.3, -0.25) is 19.7 Å². The summed E-state index contributed by atoms with van der Waals surface area (Å²) in [7, 11) is 1.64. The van der Waals surface area contributed by atoms with Crippen LogP contribution in [0.2, 0.25) is 0 Å². The smallest absolute Gasteiger partial charge is 0.222 e. The molecule has 0 atom stereocenters. The fourth-order valence-electron chi connectivity index (χ4n) is 3.91. The van der Waals surface area contributed by atoms with Crippen molar-refractivity contribution in [2.45, 2.75) is 26.0 Å². The van der Waals surface area contributed by atoms with Gasteiger partial charge in [-0.2, -0.15) is 0 Å². The van der Waals surface area contributed by atoms with Crippen molar-refractivity contribution in [2.24, 2.45) is 0 Å². The fraction of sp³-hybridized carbons (Fsp3) is 0.250. The molecule has 1 N–H and O–H groups in total. The van der Waals surface area contributed by atoms with Crippen LogP contribution in [-0.4, -0.2) is 44.4 Å². The molecule has 1 amide bonds. The van der Waals surface area contributed by atoms with Gasteiger partial charge in [0.15, 0.2) is 0 Å². The number of carbonyl (C=O) groups is 1. The van der Waals surface area contributed by atoms with Gasteiger partial charge in [-0.05, 0) is 36.8 Å². The van der Waals surface area contributed by atoms with Crippen molar-refractivity contribution in [3.8, 4) is 22.9 Å². The van der Waals surface area contributed by atoms with Crippen LogP contribution < -0.4 is 4.74 Å².